The predicted molar refractivity (Wildman–Crippen MR) is 70.3 cm³/mol. The molecule has 0 saturated carbocycles. The van der Waals surface area contributed by atoms with Crippen LogP contribution in [0.1, 0.15) is 19.0 Å². The fourth-order valence-corrected chi connectivity index (χ4v) is 1.31. The summed E-state index contributed by atoms with van der Waals surface area (Å²) in [6.07, 6.45) is 6.00. The lowest BCUT2D eigenvalue weighted by Gasteiger charge is -2.01. The van der Waals surface area contributed by atoms with Crippen molar-refractivity contribution in [2.24, 2.45) is 4.99 Å². The lowest BCUT2D eigenvalue weighted by molar-refractivity contribution is 0.582. The Bertz CT molecular complexity index is 473. The van der Waals surface area contributed by atoms with Crippen molar-refractivity contribution < 1.29 is 4.39 Å². The topological polar surface area (TPSA) is 25.2 Å². The molecular formula is C14H15FN2. The minimum Gasteiger partial charge on any atom is -0.272 e. The van der Waals surface area contributed by atoms with Crippen molar-refractivity contribution in [2.45, 2.75) is 13.3 Å². The van der Waals surface area contributed by atoms with E-state index in [9.17, 15) is 4.39 Å². The first-order valence-corrected chi connectivity index (χ1v) is 5.24. The van der Waals surface area contributed by atoms with Crippen LogP contribution in [-0.2, 0) is 0 Å². The highest BCUT2D eigenvalue weighted by Crippen LogP contribution is 2.14. The van der Waals surface area contributed by atoms with Crippen LogP contribution in [-0.4, -0.2) is 11.7 Å². The van der Waals surface area contributed by atoms with Crippen LogP contribution in [0.25, 0.3) is 5.57 Å². The zero-order valence-electron chi connectivity index (χ0n) is 9.86. The van der Waals surface area contributed by atoms with Crippen LogP contribution in [0.4, 0.5) is 4.39 Å². The summed E-state index contributed by atoms with van der Waals surface area (Å²) >= 11 is 0. The van der Waals surface area contributed by atoms with E-state index in [0.29, 0.717) is 12.1 Å². The fourth-order valence-electron chi connectivity index (χ4n) is 1.31. The van der Waals surface area contributed by atoms with Crippen molar-refractivity contribution in [3.8, 4) is 0 Å². The van der Waals surface area contributed by atoms with E-state index in [2.05, 4.69) is 23.3 Å². The Morgan fingerprint density at radius 3 is 2.88 bits per heavy atom. The highest BCUT2D eigenvalue weighted by Gasteiger charge is 1.99. The third-order valence-electron chi connectivity index (χ3n) is 2.28. The van der Waals surface area contributed by atoms with Crippen LogP contribution < -0.4 is 0 Å². The lowest BCUT2D eigenvalue weighted by Crippen LogP contribution is -1.89. The molecule has 0 fully saturated rings. The molecule has 1 heterocycles. The average Bonchev–Trinajstić information content (AvgIpc) is 2.34. The maximum absolute atomic E-state index is 12.9. The molecule has 1 aromatic rings. The number of pyridine rings is 1. The zero-order chi connectivity index (χ0) is 12.7. The van der Waals surface area contributed by atoms with Crippen LogP contribution in [0.3, 0.4) is 0 Å². The number of allylic oxidation sites excluding steroid dienone is 4. The van der Waals surface area contributed by atoms with Crippen LogP contribution >= 0.6 is 0 Å². The zero-order valence-corrected chi connectivity index (χ0v) is 9.86. The highest BCUT2D eigenvalue weighted by atomic mass is 19.1. The van der Waals surface area contributed by atoms with E-state index in [4.69, 9.17) is 0 Å². The summed E-state index contributed by atoms with van der Waals surface area (Å²) in [5, 5.41) is 0. The quantitative estimate of drug-likeness (QED) is 0.429. The Morgan fingerprint density at radius 1 is 1.53 bits per heavy atom. The summed E-state index contributed by atoms with van der Waals surface area (Å²) in [4.78, 5) is 7.49. The lowest BCUT2D eigenvalue weighted by atomic mass is 10.1. The maximum atomic E-state index is 12.9. The molecule has 2 nitrogen and oxygen atoms in total. The van der Waals surface area contributed by atoms with E-state index in [1.807, 2.05) is 13.0 Å². The predicted octanol–water partition coefficient (Wildman–Crippen LogP) is 3.78. The number of nitrogens with zero attached hydrogens (tertiary/aromatic N) is 2. The van der Waals surface area contributed by atoms with Gasteiger partial charge in [-0.3, -0.25) is 4.99 Å². The molecule has 0 radical (unpaired) electrons. The molecule has 3 heteroatoms. The average molecular weight is 230 g/mol. The molecule has 0 saturated heterocycles. The van der Waals surface area contributed by atoms with Crippen molar-refractivity contribution >= 4 is 12.3 Å². The van der Waals surface area contributed by atoms with Crippen molar-refractivity contribution in [3.63, 3.8) is 0 Å². The summed E-state index contributed by atoms with van der Waals surface area (Å²) < 4.78 is 12.9. The number of hydrogen-bond acceptors (Lipinski definition) is 2. The Kier molecular flexibility index (Phi) is 5.01. The van der Waals surface area contributed by atoms with Gasteiger partial charge in [0.05, 0.1) is 5.69 Å². The van der Waals surface area contributed by atoms with E-state index in [1.165, 1.54) is 6.07 Å². The Morgan fingerprint density at radius 2 is 2.29 bits per heavy atom. The molecule has 0 aliphatic carbocycles. The van der Waals surface area contributed by atoms with Gasteiger partial charge in [0, 0.05) is 6.20 Å². The smallest absolute Gasteiger partial charge is 0.213 e. The first kappa shape index (κ1) is 13.0. The molecule has 1 aromatic heterocycles. The Balaban J connectivity index is 2.83. The van der Waals surface area contributed by atoms with Crippen LogP contribution in [0.15, 0.2) is 53.7 Å². The molecule has 1 rings (SSSR count). The molecule has 0 aliphatic heterocycles. The molecule has 0 unspecified atom stereocenters. The molecule has 0 spiro atoms. The molecule has 17 heavy (non-hydrogen) atoms. The van der Waals surface area contributed by atoms with E-state index >= 15 is 0 Å². The van der Waals surface area contributed by atoms with Gasteiger partial charge < -0.3 is 0 Å². The summed E-state index contributed by atoms with van der Waals surface area (Å²) in [6.45, 7) is 8.96. The summed E-state index contributed by atoms with van der Waals surface area (Å²) in [5.41, 5.74) is 2.51. The molecule has 0 atom stereocenters. The molecule has 0 amide bonds. The van der Waals surface area contributed by atoms with Gasteiger partial charge in [0.2, 0.25) is 5.95 Å². The van der Waals surface area contributed by atoms with Gasteiger partial charge in [-0.25, -0.2) is 4.98 Å². The molecule has 0 bridgehead atoms. The van der Waals surface area contributed by atoms with E-state index in [1.54, 1.807) is 24.4 Å². The normalized spacial score (nSPS) is 12.4. The van der Waals surface area contributed by atoms with E-state index in [-0.39, 0.29) is 0 Å². The largest absolute Gasteiger partial charge is 0.272 e. The SMILES string of the molecule is C=C/C(=C\N=C)C/C=C(\C)c1cccc(F)n1. The summed E-state index contributed by atoms with van der Waals surface area (Å²) in [7, 11) is 0. The van der Waals surface area contributed by atoms with Crippen molar-refractivity contribution in [1.29, 1.82) is 0 Å². The molecule has 0 N–H and O–H groups in total. The van der Waals surface area contributed by atoms with Gasteiger partial charge >= 0.3 is 0 Å². The third kappa shape index (κ3) is 4.15. The van der Waals surface area contributed by atoms with Gasteiger partial charge in [-0.15, -0.1) is 0 Å². The standard InChI is InChI=1S/C14H15FN2/c1-4-12(10-16-3)9-8-11(2)13-6-5-7-14(15)17-13/h4-8,10H,1,3,9H2,2H3/b11-8+,12-10+. The second kappa shape index (κ2) is 6.53. The van der Waals surface area contributed by atoms with Crippen LogP contribution in [0.5, 0.6) is 0 Å². The number of hydrogen-bond donors (Lipinski definition) is 0. The minimum absolute atomic E-state index is 0.470. The second-order valence-corrected chi connectivity index (χ2v) is 3.53. The molecule has 0 aromatic carbocycles. The molecule has 88 valence electrons. The number of halogens is 1. The van der Waals surface area contributed by atoms with Gasteiger partial charge in [0.25, 0.3) is 0 Å². The van der Waals surface area contributed by atoms with Crippen LogP contribution in [0, 0.1) is 5.95 Å². The number of aromatic nitrogens is 1. The molecule has 0 aliphatic rings. The van der Waals surface area contributed by atoms with Gasteiger partial charge in [0.1, 0.15) is 0 Å². The fraction of sp³-hybridized carbons (Fsp3) is 0.143. The van der Waals surface area contributed by atoms with Crippen LogP contribution in [0.2, 0.25) is 0 Å². The van der Waals surface area contributed by atoms with Gasteiger partial charge in [-0.1, -0.05) is 24.8 Å². The first-order chi connectivity index (χ1) is 8.17. The third-order valence-corrected chi connectivity index (χ3v) is 2.28. The summed E-state index contributed by atoms with van der Waals surface area (Å²) in [6, 6.07) is 4.75. The first-order valence-electron chi connectivity index (χ1n) is 5.24. The van der Waals surface area contributed by atoms with E-state index in [0.717, 1.165) is 11.1 Å². The number of aliphatic imine (C=N–C) groups is 1. The van der Waals surface area contributed by atoms with Crippen molar-refractivity contribution in [3.05, 3.63) is 60.3 Å². The second-order valence-electron chi connectivity index (χ2n) is 3.53. The Labute approximate surface area is 101 Å². The maximum Gasteiger partial charge on any atom is 0.213 e. The summed E-state index contributed by atoms with van der Waals surface area (Å²) in [5.74, 6) is -0.470. The Hall–Kier alpha value is -2.03. The molecular weight excluding hydrogens is 215 g/mol. The van der Waals surface area contributed by atoms with Gasteiger partial charge in [-0.2, -0.15) is 4.39 Å². The van der Waals surface area contributed by atoms with Gasteiger partial charge in [0.15, 0.2) is 0 Å². The van der Waals surface area contributed by atoms with Crippen molar-refractivity contribution in [2.75, 3.05) is 0 Å². The minimum atomic E-state index is -0.470. The highest BCUT2D eigenvalue weighted by molar-refractivity contribution is 5.60. The van der Waals surface area contributed by atoms with E-state index < -0.39 is 5.95 Å². The van der Waals surface area contributed by atoms with Crippen molar-refractivity contribution in [1.82, 2.24) is 4.98 Å². The van der Waals surface area contributed by atoms with Gasteiger partial charge in [-0.05, 0) is 43.3 Å². The monoisotopic (exact) mass is 230 g/mol. The number of rotatable bonds is 5.